The monoisotopic (exact) mass is 334 g/mol. The largest absolute Gasteiger partial charge is 0.328 e. The minimum Gasteiger partial charge on any atom is -0.328 e. The van der Waals surface area contributed by atoms with Crippen molar-refractivity contribution in [1.29, 1.82) is 0 Å². The quantitative estimate of drug-likeness (QED) is 0.906. The van der Waals surface area contributed by atoms with Crippen molar-refractivity contribution >= 4 is 24.0 Å². The number of benzene rings is 1. The number of aromatic nitrogens is 2. The molecule has 3 rings (SSSR count). The summed E-state index contributed by atoms with van der Waals surface area (Å²) in [6.07, 6.45) is 5.64. The van der Waals surface area contributed by atoms with Crippen molar-refractivity contribution in [1.82, 2.24) is 9.78 Å². The van der Waals surface area contributed by atoms with E-state index in [2.05, 4.69) is 10.4 Å². The van der Waals surface area contributed by atoms with Crippen LogP contribution in [0, 0.1) is 12.8 Å². The summed E-state index contributed by atoms with van der Waals surface area (Å²) in [7, 11) is 0. The number of nitrogens with two attached hydrogens (primary N) is 1. The number of hydrogen-bond acceptors (Lipinski definition) is 3. The fourth-order valence-electron chi connectivity index (χ4n) is 3.03. The molecule has 23 heavy (non-hydrogen) atoms. The van der Waals surface area contributed by atoms with E-state index in [-0.39, 0.29) is 30.3 Å². The summed E-state index contributed by atoms with van der Waals surface area (Å²) >= 11 is 0. The second-order valence-electron chi connectivity index (χ2n) is 6.03. The predicted molar refractivity (Wildman–Crippen MR) is 94.1 cm³/mol. The van der Waals surface area contributed by atoms with E-state index < -0.39 is 0 Å². The molecule has 1 aliphatic carbocycles. The Bertz CT molecular complexity index is 670. The Balaban J connectivity index is 0.00000192. The highest BCUT2D eigenvalue weighted by molar-refractivity contribution is 5.94. The van der Waals surface area contributed by atoms with Crippen LogP contribution < -0.4 is 11.1 Å². The third-order valence-corrected chi connectivity index (χ3v) is 4.22. The summed E-state index contributed by atoms with van der Waals surface area (Å²) in [4.78, 5) is 12.5. The zero-order valence-corrected chi connectivity index (χ0v) is 14.1. The third-order valence-electron chi connectivity index (χ3n) is 4.22. The fraction of sp³-hybridized carbons (Fsp3) is 0.412. The molecule has 0 aliphatic heterocycles. The lowest BCUT2D eigenvalue weighted by molar-refractivity contribution is -0.120. The first-order valence-corrected chi connectivity index (χ1v) is 7.81. The van der Waals surface area contributed by atoms with Crippen LogP contribution in [0.5, 0.6) is 0 Å². The Morgan fingerprint density at radius 1 is 1.30 bits per heavy atom. The molecule has 1 saturated carbocycles. The minimum atomic E-state index is 0. The first-order valence-electron chi connectivity index (χ1n) is 7.81. The number of carbonyl (C=O) groups excluding carboxylic acids is 1. The number of aryl methyl sites for hydroxylation is 1. The summed E-state index contributed by atoms with van der Waals surface area (Å²) in [5.74, 6) is 0.0719. The molecule has 0 spiro atoms. The lowest BCUT2D eigenvalue weighted by Crippen LogP contribution is -2.34. The van der Waals surface area contributed by atoms with Crippen molar-refractivity contribution in [3.8, 4) is 5.69 Å². The SMILES string of the molecule is Cc1ccn(-c2ccccc2NC(=O)C2CCCC(N)C2)n1.Cl. The zero-order valence-electron chi connectivity index (χ0n) is 13.2. The Morgan fingerprint density at radius 3 is 2.78 bits per heavy atom. The molecule has 6 heteroatoms. The van der Waals surface area contributed by atoms with Gasteiger partial charge in [-0.05, 0) is 44.4 Å². The van der Waals surface area contributed by atoms with Gasteiger partial charge in [-0.25, -0.2) is 4.68 Å². The molecule has 1 fully saturated rings. The first-order chi connectivity index (χ1) is 10.6. The van der Waals surface area contributed by atoms with Gasteiger partial charge in [0.2, 0.25) is 5.91 Å². The van der Waals surface area contributed by atoms with Crippen molar-refractivity contribution in [2.75, 3.05) is 5.32 Å². The molecule has 0 radical (unpaired) electrons. The van der Waals surface area contributed by atoms with E-state index in [0.717, 1.165) is 42.8 Å². The summed E-state index contributed by atoms with van der Waals surface area (Å²) in [6, 6.07) is 9.81. The number of nitrogens with zero attached hydrogens (tertiary/aromatic N) is 2. The van der Waals surface area contributed by atoms with Gasteiger partial charge >= 0.3 is 0 Å². The standard InChI is InChI=1S/C17H22N4O.ClH/c1-12-9-10-21(20-12)16-8-3-2-7-15(16)19-17(22)13-5-4-6-14(18)11-13;/h2-3,7-10,13-14H,4-6,11,18H2,1H3,(H,19,22);1H. The van der Waals surface area contributed by atoms with Gasteiger partial charge in [-0.15, -0.1) is 12.4 Å². The van der Waals surface area contributed by atoms with Crippen LogP contribution in [0.4, 0.5) is 5.69 Å². The molecular formula is C17H23ClN4O. The van der Waals surface area contributed by atoms with Crippen LogP contribution in [0.1, 0.15) is 31.4 Å². The minimum absolute atomic E-state index is 0. The molecule has 2 aromatic rings. The van der Waals surface area contributed by atoms with Gasteiger partial charge in [0.05, 0.1) is 17.1 Å². The molecule has 0 saturated heterocycles. The van der Waals surface area contributed by atoms with E-state index >= 15 is 0 Å². The van der Waals surface area contributed by atoms with Crippen molar-refractivity contribution in [3.05, 3.63) is 42.2 Å². The Hall–Kier alpha value is -1.85. The highest BCUT2D eigenvalue weighted by Crippen LogP contribution is 2.26. The molecule has 1 aromatic carbocycles. The second kappa shape index (κ2) is 7.62. The van der Waals surface area contributed by atoms with Crippen LogP contribution in [-0.2, 0) is 4.79 Å². The summed E-state index contributed by atoms with van der Waals surface area (Å²) in [5.41, 5.74) is 8.60. The molecule has 1 aliphatic rings. The smallest absolute Gasteiger partial charge is 0.227 e. The van der Waals surface area contributed by atoms with Gasteiger partial charge in [-0.1, -0.05) is 18.6 Å². The predicted octanol–water partition coefficient (Wildman–Crippen LogP) is 3.06. The molecule has 5 nitrogen and oxygen atoms in total. The number of amides is 1. The topological polar surface area (TPSA) is 72.9 Å². The van der Waals surface area contributed by atoms with Crippen molar-refractivity contribution in [2.24, 2.45) is 11.7 Å². The van der Waals surface area contributed by atoms with Crippen molar-refractivity contribution < 1.29 is 4.79 Å². The van der Waals surface area contributed by atoms with Crippen LogP contribution >= 0.6 is 12.4 Å². The fourth-order valence-corrected chi connectivity index (χ4v) is 3.03. The van der Waals surface area contributed by atoms with Gasteiger partial charge < -0.3 is 11.1 Å². The number of carbonyl (C=O) groups is 1. The highest BCUT2D eigenvalue weighted by atomic mass is 35.5. The zero-order chi connectivity index (χ0) is 15.5. The van der Waals surface area contributed by atoms with E-state index in [1.165, 1.54) is 0 Å². The van der Waals surface area contributed by atoms with Crippen molar-refractivity contribution in [3.63, 3.8) is 0 Å². The Kier molecular flexibility index (Phi) is 5.80. The van der Waals surface area contributed by atoms with Crippen molar-refractivity contribution in [2.45, 2.75) is 38.6 Å². The molecular weight excluding hydrogens is 312 g/mol. The molecule has 1 heterocycles. The van der Waals surface area contributed by atoms with Crippen LogP contribution in [0.25, 0.3) is 5.69 Å². The van der Waals surface area contributed by atoms with Crippen LogP contribution in [0.3, 0.4) is 0 Å². The van der Waals surface area contributed by atoms with Gasteiger partial charge in [0.1, 0.15) is 0 Å². The van der Waals surface area contributed by atoms with E-state index in [1.807, 2.05) is 43.5 Å². The summed E-state index contributed by atoms with van der Waals surface area (Å²) in [6.45, 7) is 1.95. The van der Waals surface area contributed by atoms with E-state index in [9.17, 15) is 4.79 Å². The van der Waals surface area contributed by atoms with E-state index in [4.69, 9.17) is 5.73 Å². The maximum absolute atomic E-state index is 12.5. The molecule has 0 bridgehead atoms. The van der Waals surface area contributed by atoms with Gasteiger partial charge in [-0.2, -0.15) is 5.10 Å². The highest BCUT2D eigenvalue weighted by Gasteiger charge is 2.25. The lowest BCUT2D eigenvalue weighted by Gasteiger charge is -2.26. The number of para-hydroxylation sites is 2. The van der Waals surface area contributed by atoms with E-state index in [0.29, 0.717) is 0 Å². The van der Waals surface area contributed by atoms with Crippen LogP contribution in [0.2, 0.25) is 0 Å². The van der Waals surface area contributed by atoms with Crippen LogP contribution in [-0.4, -0.2) is 21.7 Å². The number of nitrogens with one attached hydrogen (secondary N) is 1. The average Bonchev–Trinajstić information content (AvgIpc) is 2.94. The molecule has 3 N–H and O–H groups in total. The molecule has 124 valence electrons. The second-order valence-corrected chi connectivity index (χ2v) is 6.03. The first kappa shape index (κ1) is 17.5. The number of halogens is 1. The third kappa shape index (κ3) is 4.12. The number of anilines is 1. The summed E-state index contributed by atoms with van der Waals surface area (Å²) < 4.78 is 1.79. The number of hydrogen-bond donors (Lipinski definition) is 2. The Labute approximate surface area is 142 Å². The molecule has 2 unspecified atom stereocenters. The molecule has 1 aromatic heterocycles. The van der Waals surface area contributed by atoms with Gasteiger partial charge in [0.25, 0.3) is 0 Å². The van der Waals surface area contributed by atoms with Gasteiger partial charge in [0.15, 0.2) is 0 Å². The maximum Gasteiger partial charge on any atom is 0.227 e. The average molecular weight is 335 g/mol. The van der Waals surface area contributed by atoms with Gasteiger partial charge in [-0.3, -0.25) is 4.79 Å². The molecule has 2 atom stereocenters. The van der Waals surface area contributed by atoms with Crippen LogP contribution in [0.15, 0.2) is 36.5 Å². The van der Waals surface area contributed by atoms with Gasteiger partial charge in [0, 0.05) is 18.2 Å². The summed E-state index contributed by atoms with van der Waals surface area (Å²) in [5, 5.41) is 7.47. The molecule has 1 amide bonds. The van der Waals surface area contributed by atoms with E-state index in [1.54, 1.807) is 4.68 Å². The number of rotatable bonds is 3. The lowest BCUT2D eigenvalue weighted by atomic mass is 9.85. The normalized spacial score (nSPS) is 20.6. The Morgan fingerprint density at radius 2 is 2.09 bits per heavy atom. The maximum atomic E-state index is 12.5.